The number of carboxylic acid groups (broad SMARTS) is 1. The van der Waals surface area contributed by atoms with Crippen LogP contribution in [-0.4, -0.2) is 29.1 Å². The van der Waals surface area contributed by atoms with Crippen LogP contribution >= 0.6 is 0 Å². The number of carboxylic acids is 1. The van der Waals surface area contributed by atoms with Crippen molar-refractivity contribution in [3.63, 3.8) is 0 Å². The molecule has 0 bridgehead atoms. The molecule has 4 heteroatoms. The summed E-state index contributed by atoms with van der Waals surface area (Å²) in [6.07, 6.45) is 2.25. The summed E-state index contributed by atoms with van der Waals surface area (Å²) < 4.78 is 12.8. The van der Waals surface area contributed by atoms with Crippen molar-refractivity contribution in [1.82, 2.24) is 4.90 Å². The summed E-state index contributed by atoms with van der Waals surface area (Å²) in [5, 5.41) is 8.69. The molecular weight excluding hydrogens is 221 g/mol. The second-order valence-electron chi connectivity index (χ2n) is 4.39. The zero-order valence-corrected chi connectivity index (χ0v) is 9.60. The van der Waals surface area contributed by atoms with Gasteiger partial charge in [-0.25, -0.2) is 4.39 Å². The molecule has 0 radical (unpaired) electrons. The maximum Gasteiger partial charge on any atom is 0.304 e. The van der Waals surface area contributed by atoms with Crippen molar-refractivity contribution in [3.8, 4) is 0 Å². The summed E-state index contributed by atoms with van der Waals surface area (Å²) in [5.41, 5.74) is 1.08. The lowest BCUT2D eigenvalue weighted by molar-refractivity contribution is -0.137. The van der Waals surface area contributed by atoms with Crippen molar-refractivity contribution in [2.24, 2.45) is 0 Å². The van der Waals surface area contributed by atoms with Gasteiger partial charge in [0, 0.05) is 12.6 Å². The second-order valence-corrected chi connectivity index (χ2v) is 4.39. The van der Waals surface area contributed by atoms with Gasteiger partial charge in [0.15, 0.2) is 0 Å². The second kappa shape index (κ2) is 5.27. The largest absolute Gasteiger partial charge is 0.481 e. The number of hydrogen-bond acceptors (Lipinski definition) is 2. The number of halogens is 1. The minimum Gasteiger partial charge on any atom is -0.481 e. The lowest BCUT2D eigenvalue weighted by Crippen LogP contribution is -2.26. The third-order valence-corrected chi connectivity index (χ3v) is 3.23. The Kier molecular flexibility index (Phi) is 3.74. The number of aliphatic carboxylic acids is 1. The number of hydrogen-bond donors (Lipinski definition) is 1. The van der Waals surface area contributed by atoms with Crippen LogP contribution in [0, 0.1) is 5.82 Å². The molecule has 1 aromatic rings. The van der Waals surface area contributed by atoms with Crippen molar-refractivity contribution < 1.29 is 14.3 Å². The van der Waals surface area contributed by atoms with E-state index >= 15 is 0 Å². The highest BCUT2D eigenvalue weighted by Crippen LogP contribution is 2.31. The molecule has 17 heavy (non-hydrogen) atoms. The highest BCUT2D eigenvalue weighted by molar-refractivity contribution is 5.66. The molecule has 2 rings (SSSR count). The van der Waals surface area contributed by atoms with Crippen LogP contribution in [0.15, 0.2) is 24.3 Å². The predicted octanol–water partition coefficient (Wildman–Crippen LogP) is 2.44. The molecule has 1 N–H and O–H groups in total. The van der Waals surface area contributed by atoms with Gasteiger partial charge in [-0.1, -0.05) is 12.1 Å². The quantitative estimate of drug-likeness (QED) is 0.874. The molecule has 1 aliphatic heterocycles. The Balaban J connectivity index is 2.03. The van der Waals surface area contributed by atoms with Gasteiger partial charge in [0.25, 0.3) is 0 Å². The van der Waals surface area contributed by atoms with Gasteiger partial charge < -0.3 is 5.11 Å². The average molecular weight is 237 g/mol. The molecule has 0 saturated carbocycles. The number of likely N-dealkylation sites (tertiary alicyclic amines) is 1. The van der Waals surface area contributed by atoms with Crippen LogP contribution in [0.25, 0.3) is 0 Å². The summed E-state index contributed by atoms with van der Waals surface area (Å²) >= 11 is 0. The van der Waals surface area contributed by atoms with Crippen LogP contribution < -0.4 is 0 Å². The van der Waals surface area contributed by atoms with E-state index in [0.29, 0.717) is 6.54 Å². The lowest BCUT2D eigenvalue weighted by Gasteiger charge is -2.24. The molecule has 1 atom stereocenters. The Labute approximate surface area is 99.9 Å². The highest BCUT2D eigenvalue weighted by Gasteiger charge is 2.25. The van der Waals surface area contributed by atoms with E-state index in [4.69, 9.17) is 5.11 Å². The van der Waals surface area contributed by atoms with E-state index in [1.54, 1.807) is 12.1 Å². The fraction of sp³-hybridized carbons (Fsp3) is 0.462. The van der Waals surface area contributed by atoms with Crippen LogP contribution in [0.1, 0.15) is 30.9 Å². The standard InChI is InChI=1S/C13H16FNO2/c14-11-5-3-10(4-6-11)12-2-1-8-15(12)9-7-13(16)17/h3-6,12H,1-2,7-9H2,(H,16,17). The fourth-order valence-corrected chi connectivity index (χ4v) is 2.40. The molecule has 1 aliphatic rings. The molecule has 1 saturated heterocycles. The van der Waals surface area contributed by atoms with Crippen LogP contribution in [0.4, 0.5) is 4.39 Å². The molecule has 92 valence electrons. The van der Waals surface area contributed by atoms with Crippen LogP contribution in [-0.2, 0) is 4.79 Å². The van der Waals surface area contributed by atoms with E-state index < -0.39 is 5.97 Å². The van der Waals surface area contributed by atoms with Crippen molar-refractivity contribution in [2.45, 2.75) is 25.3 Å². The van der Waals surface area contributed by atoms with Crippen molar-refractivity contribution >= 4 is 5.97 Å². The number of carbonyl (C=O) groups is 1. The zero-order valence-electron chi connectivity index (χ0n) is 9.60. The maximum atomic E-state index is 12.8. The number of benzene rings is 1. The first-order chi connectivity index (χ1) is 8.16. The molecule has 1 aromatic carbocycles. The Morgan fingerprint density at radius 1 is 1.41 bits per heavy atom. The molecule has 0 amide bonds. The first kappa shape index (κ1) is 12.0. The summed E-state index contributed by atoms with van der Waals surface area (Å²) in [6, 6.07) is 6.75. The van der Waals surface area contributed by atoms with Crippen molar-refractivity contribution in [3.05, 3.63) is 35.6 Å². The van der Waals surface area contributed by atoms with Gasteiger partial charge in [-0.3, -0.25) is 9.69 Å². The van der Waals surface area contributed by atoms with E-state index in [-0.39, 0.29) is 18.3 Å². The van der Waals surface area contributed by atoms with Gasteiger partial charge in [0.2, 0.25) is 0 Å². The smallest absolute Gasteiger partial charge is 0.304 e. The third-order valence-electron chi connectivity index (χ3n) is 3.23. The lowest BCUT2D eigenvalue weighted by atomic mass is 10.0. The van der Waals surface area contributed by atoms with Crippen molar-refractivity contribution in [1.29, 1.82) is 0 Å². The van der Waals surface area contributed by atoms with Gasteiger partial charge in [-0.2, -0.15) is 0 Å². The summed E-state index contributed by atoms with van der Waals surface area (Å²) in [5.74, 6) is -1.00. The van der Waals surface area contributed by atoms with Gasteiger partial charge >= 0.3 is 5.97 Å². The van der Waals surface area contributed by atoms with Crippen LogP contribution in [0.5, 0.6) is 0 Å². The SMILES string of the molecule is O=C(O)CCN1CCCC1c1ccc(F)cc1. The summed E-state index contributed by atoms with van der Waals surface area (Å²) in [6.45, 7) is 1.49. The van der Waals surface area contributed by atoms with Gasteiger partial charge in [-0.15, -0.1) is 0 Å². The van der Waals surface area contributed by atoms with Crippen LogP contribution in [0.3, 0.4) is 0 Å². The van der Waals surface area contributed by atoms with Crippen LogP contribution in [0.2, 0.25) is 0 Å². The van der Waals surface area contributed by atoms with Gasteiger partial charge in [-0.05, 0) is 37.1 Å². The zero-order chi connectivity index (χ0) is 12.3. The van der Waals surface area contributed by atoms with Gasteiger partial charge in [0.05, 0.1) is 6.42 Å². The maximum absolute atomic E-state index is 12.8. The minimum absolute atomic E-state index is 0.164. The Morgan fingerprint density at radius 3 is 2.76 bits per heavy atom. The Bertz CT molecular complexity index is 391. The number of nitrogens with zero attached hydrogens (tertiary/aromatic N) is 1. The molecule has 1 unspecified atom stereocenters. The van der Waals surface area contributed by atoms with E-state index in [0.717, 1.165) is 24.9 Å². The van der Waals surface area contributed by atoms with Gasteiger partial charge in [0.1, 0.15) is 5.82 Å². The van der Waals surface area contributed by atoms with Crippen molar-refractivity contribution in [2.75, 3.05) is 13.1 Å². The highest BCUT2D eigenvalue weighted by atomic mass is 19.1. The normalized spacial score (nSPS) is 20.6. The molecular formula is C13H16FNO2. The monoisotopic (exact) mass is 237 g/mol. The molecule has 3 nitrogen and oxygen atoms in total. The number of rotatable bonds is 4. The van der Waals surface area contributed by atoms with E-state index in [1.165, 1.54) is 12.1 Å². The van der Waals surface area contributed by atoms with E-state index in [9.17, 15) is 9.18 Å². The first-order valence-electron chi connectivity index (χ1n) is 5.88. The molecule has 0 aliphatic carbocycles. The Hall–Kier alpha value is -1.42. The summed E-state index contributed by atoms with van der Waals surface area (Å²) in [7, 11) is 0. The van der Waals surface area contributed by atoms with E-state index in [1.807, 2.05) is 0 Å². The predicted molar refractivity (Wildman–Crippen MR) is 62.2 cm³/mol. The Morgan fingerprint density at radius 2 is 2.12 bits per heavy atom. The third kappa shape index (κ3) is 3.03. The topological polar surface area (TPSA) is 40.5 Å². The fourth-order valence-electron chi connectivity index (χ4n) is 2.40. The summed E-state index contributed by atoms with van der Waals surface area (Å²) in [4.78, 5) is 12.7. The molecule has 1 heterocycles. The molecule has 0 spiro atoms. The minimum atomic E-state index is -0.769. The average Bonchev–Trinajstić information content (AvgIpc) is 2.75. The molecule has 0 aromatic heterocycles. The first-order valence-corrected chi connectivity index (χ1v) is 5.88. The molecule has 1 fully saturated rings. The van der Waals surface area contributed by atoms with E-state index in [2.05, 4.69) is 4.90 Å².